The Kier molecular flexibility index (Phi) is 6.05. The number of unbranched alkanes of at least 4 members (excludes halogenated alkanes) is 1. The highest BCUT2D eigenvalue weighted by molar-refractivity contribution is 7.15. The third kappa shape index (κ3) is 3.62. The molecule has 28 heavy (non-hydrogen) atoms. The SMILES string of the molecule is C=Cc1ccc(-c2nnc(C(CCCC)(C(N)=O)c3ccccc3)s2)c(C)c1. The number of carbonyl (C=O) groups excluding carboxylic acids is 1. The third-order valence-electron chi connectivity index (χ3n) is 5.10. The number of aromatic nitrogens is 2. The molecule has 1 heterocycles. The maximum Gasteiger partial charge on any atom is 0.235 e. The van der Waals surface area contributed by atoms with E-state index >= 15 is 0 Å². The van der Waals surface area contributed by atoms with Crippen molar-refractivity contribution in [3.8, 4) is 10.6 Å². The highest BCUT2D eigenvalue weighted by Crippen LogP contribution is 2.41. The van der Waals surface area contributed by atoms with Gasteiger partial charge < -0.3 is 5.73 Å². The van der Waals surface area contributed by atoms with Crippen LogP contribution in [0, 0.1) is 6.92 Å². The highest BCUT2D eigenvalue weighted by Gasteiger charge is 2.43. The number of rotatable bonds is 8. The Bertz CT molecular complexity index is 981. The van der Waals surface area contributed by atoms with Gasteiger partial charge in [0.25, 0.3) is 0 Å². The second kappa shape index (κ2) is 8.48. The van der Waals surface area contributed by atoms with E-state index in [9.17, 15) is 4.79 Å². The summed E-state index contributed by atoms with van der Waals surface area (Å²) in [5.74, 6) is -0.381. The second-order valence-electron chi connectivity index (χ2n) is 6.93. The van der Waals surface area contributed by atoms with Gasteiger partial charge in [-0.05, 0) is 30.0 Å². The normalized spacial score (nSPS) is 13.1. The number of nitrogens with two attached hydrogens (primary N) is 1. The lowest BCUT2D eigenvalue weighted by Crippen LogP contribution is -2.42. The molecule has 0 aliphatic rings. The monoisotopic (exact) mass is 391 g/mol. The van der Waals surface area contributed by atoms with E-state index < -0.39 is 5.41 Å². The van der Waals surface area contributed by atoms with Crippen molar-refractivity contribution in [2.75, 3.05) is 0 Å². The van der Waals surface area contributed by atoms with E-state index in [-0.39, 0.29) is 5.91 Å². The highest BCUT2D eigenvalue weighted by atomic mass is 32.1. The largest absolute Gasteiger partial charge is 0.369 e. The van der Waals surface area contributed by atoms with Gasteiger partial charge in [0.05, 0.1) is 0 Å². The van der Waals surface area contributed by atoms with Crippen LogP contribution in [0.1, 0.15) is 47.9 Å². The smallest absolute Gasteiger partial charge is 0.235 e. The molecule has 4 nitrogen and oxygen atoms in total. The zero-order chi connectivity index (χ0) is 20.1. The summed E-state index contributed by atoms with van der Waals surface area (Å²) in [6, 6.07) is 15.8. The Labute approximate surface area is 170 Å². The zero-order valence-electron chi connectivity index (χ0n) is 16.3. The van der Waals surface area contributed by atoms with Crippen molar-refractivity contribution >= 4 is 23.3 Å². The number of aryl methyl sites for hydroxylation is 1. The molecule has 1 amide bonds. The molecule has 2 aromatic carbocycles. The number of hydrogen-bond acceptors (Lipinski definition) is 4. The second-order valence-corrected chi connectivity index (χ2v) is 7.91. The van der Waals surface area contributed by atoms with Gasteiger partial charge in [0, 0.05) is 5.56 Å². The molecular formula is C23H25N3OS. The van der Waals surface area contributed by atoms with Gasteiger partial charge >= 0.3 is 0 Å². The molecule has 1 unspecified atom stereocenters. The van der Waals surface area contributed by atoms with E-state index in [0.29, 0.717) is 11.4 Å². The molecule has 1 atom stereocenters. The molecule has 0 saturated heterocycles. The van der Waals surface area contributed by atoms with Crippen LogP contribution in [-0.4, -0.2) is 16.1 Å². The maximum absolute atomic E-state index is 12.8. The lowest BCUT2D eigenvalue weighted by Gasteiger charge is -2.28. The summed E-state index contributed by atoms with van der Waals surface area (Å²) >= 11 is 1.45. The Morgan fingerprint density at radius 3 is 2.57 bits per heavy atom. The van der Waals surface area contributed by atoms with E-state index in [1.165, 1.54) is 11.3 Å². The average Bonchev–Trinajstić information content (AvgIpc) is 3.19. The zero-order valence-corrected chi connectivity index (χ0v) is 17.1. The van der Waals surface area contributed by atoms with Crippen molar-refractivity contribution in [3.63, 3.8) is 0 Å². The van der Waals surface area contributed by atoms with Crippen LogP contribution in [0.3, 0.4) is 0 Å². The van der Waals surface area contributed by atoms with Crippen LogP contribution >= 0.6 is 11.3 Å². The van der Waals surface area contributed by atoms with Crippen LogP contribution in [0.25, 0.3) is 16.6 Å². The van der Waals surface area contributed by atoms with E-state index in [2.05, 4.69) is 29.8 Å². The van der Waals surface area contributed by atoms with Crippen LogP contribution in [0.4, 0.5) is 0 Å². The molecule has 0 spiro atoms. The predicted molar refractivity (Wildman–Crippen MR) is 116 cm³/mol. The Hall–Kier alpha value is -2.79. The standard InChI is InChI=1S/C23H25N3OS/c1-4-6-14-23(21(24)27,18-10-8-7-9-11-18)22-26-25-20(28-22)19-13-12-17(5-2)15-16(19)3/h5,7-13,15H,2,4,6,14H2,1,3H3,(H2,24,27). The summed E-state index contributed by atoms with van der Waals surface area (Å²) in [5.41, 5.74) is 9.06. The summed E-state index contributed by atoms with van der Waals surface area (Å²) < 4.78 is 0. The summed E-state index contributed by atoms with van der Waals surface area (Å²) in [4.78, 5) is 12.8. The maximum atomic E-state index is 12.8. The average molecular weight is 392 g/mol. The molecule has 0 aliphatic heterocycles. The first-order chi connectivity index (χ1) is 13.5. The van der Waals surface area contributed by atoms with Crippen molar-refractivity contribution in [1.29, 1.82) is 0 Å². The molecule has 3 rings (SSSR count). The topological polar surface area (TPSA) is 68.9 Å². The predicted octanol–water partition coefficient (Wildman–Crippen LogP) is 5.12. The van der Waals surface area contributed by atoms with Gasteiger partial charge in [-0.3, -0.25) is 4.79 Å². The lowest BCUT2D eigenvalue weighted by atomic mass is 9.76. The van der Waals surface area contributed by atoms with Gasteiger partial charge in [-0.2, -0.15) is 0 Å². The molecule has 0 radical (unpaired) electrons. The van der Waals surface area contributed by atoms with Crippen molar-refractivity contribution in [1.82, 2.24) is 10.2 Å². The Morgan fingerprint density at radius 2 is 1.96 bits per heavy atom. The molecule has 1 aromatic heterocycles. The molecular weight excluding hydrogens is 366 g/mol. The summed E-state index contributed by atoms with van der Waals surface area (Å²) in [7, 11) is 0. The summed E-state index contributed by atoms with van der Waals surface area (Å²) in [6.45, 7) is 7.96. The van der Waals surface area contributed by atoms with Crippen molar-refractivity contribution in [3.05, 3.63) is 76.8 Å². The van der Waals surface area contributed by atoms with Gasteiger partial charge in [-0.25, -0.2) is 0 Å². The molecule has 0 aliphatic carbocycles. The first-order valence-corrected chi connectivity index (χ1v) is 10.3. The number of hydrogen-bond donors (Lipinski definition) is 1. The van der Waals surface area contributed by atoms with Crippen molar-refractivity contribution in [2.24, 2.45) is 5.73 Å². The lowest BCUT2D eigenvalue weighted by molar-refractivity contribution is -0.122. The van der Waals surface area contributed by atoms with Gasteiger partial charge in [0.15, 0.2) is 0 Å². The van der Waals surface area contributed by atoms with Gasteiger partial charge in [0.2, 0.25) is 5.91 Å². The molecule has 2 N–H and O–H groups in total. The van der Waals surface area contributed by atoms with E-state index in [1.807, 2.05) is 55.5 Å². The first-order valence-electron chi connectivity index (χ1n) is 9.45. The molecule has 144 valence electrons. The fourth-order valence-corrected chi connectivity index (χ4v) is 4.65. The fourth-order valence-electron chi connectivity index (χ4n) is 3.47. The number of benzene rings is 2. The molecule has 3 aromatic rings. The Balaban J connectivity index is 2.12. The van der Waals surface area contributed by atoms with E-state index in [4.69, 9.17) is 5.73 Å². The Morgan fingerprint density at radius 1 is 1.21 bits per heavy atom. The summed E-state index contributed by atoms with van der Waals surface area (Å²) in [6.07, 6.45) is 4.28. The van der Waals surface area contributed by atoms with Crippen molar-refractivity contribution < 1.29 is 4.79 Å². The number of primary amides is 1. The first kappa shape index (κ1) is 20.0. The number of carbonyl (C=O) groups is 1. The van der Waals surface area contributed by atoms with Crippen LogP contribution < -0.4 is 5.73 Å². The van der Waals surface area contributed by atoms with E-state index in [0.717, 1.165) is 40.1 Å². The molecule has 0 bridgehead atoms. The van der Waals surface area contributed by atoms with E-state index in [1.54, 1.807) is 0 Å². The fraction of sp³-hybridized carbons (Fsp3) is 0.261. The molecule has 0 fully saturated rings. The van der Waals surface area contributed by atoms with Gasteiger partial charge in [0.1, 0.15) is 15.4 Å². The number of nitrogens with zero attached hydrogens (tertiary/aromatic N) is 2. The van der Waals surface area contributed by atoms with Gasteiger partial charge in [-0.15, -0.1) is 10.2 Å². The third-order valence-corrected chi connectivity index (χ3v) is 6.22. The van der Waals surface area contributed by atoms with Crippen LogP contribution in [0.5, 0.6) is 0 Å². The van der Waals surface area contributed by atoms with Crippen LogP contribution in [0.15, 0.2) is 55.1 Å². The quantitative estimate of drug-likeness (QED) is 0.579. The number of amides is 1. The van der Waals surface area contributed by atoms with Crippen LogP contribution in [-0.2, 0) is 10.2 Å². The van der Waals surface area contributed by atoms with Crippen LogP contribution in [0.2, 0.25) is 0 Å². The molecule has 5 heteroatoms. The summed E-state index contributed by atoms with van der Waals surface area (Å²) in [5, 5.41) is 10.3. The minimum absolute atomic E-state index is 0.381. The molecule has 0 saturated carbocycles. The van der Waals surface area contributed by atoms with Gasteiger partial charge in [-0.1, -0.05) is 92.3 Å². The minimum atomic E-state index is -0.956. The van der Waals surface area contributed by atoms with Crippen molar-refractivity contribution in [2.45, 2.75) is 38.5 Å². The minimum Gasteiger partial charge on any atom is -0.369 e.